The lowest BCUT2D eigenvalue weighted by Gasteiger charge is -2.22. The minimum absolute atomic E-state index is 0.149. The molecule has 2 aromatic rings. The Kier molecular flexibility index (Phi) is 7.06. The molecule has 0 saturated carbocycles. The van der Waals surface area contributed by atoms with Gasteiger partial charge in [0, 0.05) is 38.0 Å². The SMILES string of the molecule is CC(C(=O)C(C)c1ccc(CN)cc1CN)c1ccc(CN)cc1CN. The first-order valence-corrected chi connectivity index (χ1v) is 9.04. The van der Waals surface area contributed by atoms with Gasteiger partial charge >= 0.3 is 0 Å². The molecule has 5 nitrogen and oxygen atoms in total. The van der Waals surface area contributed by atoms with Crippen molar-refractivity contribution in [2.24, 2.45) is 22.9 Å². The third-order valence-electron chi connectivity index (χ3n) is 5.11. The second-order valence-electron chi connectivity index (χ2n) is 6.73. The van der Waals surface area contributed by atoms with Crippen LogP contribution in [0.4, 0.5) is 0 Å². The van der Waals surface area contributed by atoms with Crippen molar-refractivity contribution >= 4 is 5.78 Å². The van der Waals surface area contributed by atoms with E-state index in [4.69, 9.17) is 22.9 Å². The number of ketones is 1. The molecule has 2 atom stereocenters. The molecule has 2 aromatic carbocycles. The van der Waals surface area contributed by atoms with Crippen molar-refractivity contribution in [3.8, 4) is 0 Å². The first kappa shape index (κ1) is 20.3. The van der Waals surface area contributed by atoms with Crippen LogP contribution >= 0.6 is 0 Å². The maximum absolute atomic E-state index is 13.2. The van der Waals surface area contributed by atoms with Gasteiger partial charge in [-0.05, 0) is 33.4 Å². The summed E-state index contributed by atoms with van der Waals surface area (Å²) in [6, 6.07) is 11.9. The number of benzene rings is 2. The van der Waals surface area contributed by atoms with E-state index in [1.165, 1.54) is 0 Å². The Balaban J connectivity index is 2.33. The Morgan fingerprint density at radius 2 is 1.12 bits per heavy atom. The summed E-state index contributed by atoms with van der Waals surface area (Å²) in [5.41, 5.74) is 29.1. The number of hydrogen-bond donors (Lipinski definition) is 4. The van der Waals surface area contributed by atoms with Crippen molar-refractivity contribution in [3.05, 3.63) is 69.8 Å². The lowest BCUT2D eigenvalue weighted by atomic mass is 9.82. The van der Waals surface area contributed by atoms with Gasteiger partial charge in [-0.15, -0.1) is 0 Å². The number of nitrogens with two attached hydrogens (primary N) is 4. The zero-order valence-corrected chi connectivity index (χ0v) is 15.7. The molecular formula is C21H30N4O. The Bertz CT molecular complexity index is 709. The molecule has 2 rings (SSSR count). The van der Waals surface area contributed by atoms with Gasteiger partial charge < -0.3 is 22.9 Å². The topological polar surface area (TPSA) is 121 Å². The largest absolute Gasteiger partial charge is 0.326 e. The molecule has 26 heavy (non-hydrogen) atoms. The summed E-state index contributed by atoms with van der Waals surface area (Å²) in [5.74, 6) is -0.360. The summed E-state index contributed by atoms with van der Waals surface area (Å²) in [4.78, 5) is 13.2. The molecule has 0 aliphatic rings. The zero-order chi connectivity index (χ0) is 19.3. The second kappa shape index (κ2) is 9.05. The molecule has 0 fully saturated rings. The van der Waals surface area contributed by atoms with Crippen LogP contribution in [0.15, 0.2) is 36.4 Å². The van der Waals surface area contributed by atoms with E-state index in [0.29, 0.717) is 26.2 Å². The van der Waals surface area contributed by atoms with Crippen LogP contribution in [-0.4, -0.2) is 5.78 Å². The van der Waals surface area contributed by atoms with Crippen molar-refractivity contribution in [1.82, 2.24) is 0 Å². The molecule has 8 N–H and O–H groups in total. The van der Waals surface area contributed by atoms with Crippen LogP contribution in [0.2, 0.25) is 0 Å². The van der Waals surface area contributed by atoms with Crippen molar-refractivity contribution in [3.63, 3.8) is 0 Å². The maximum Gasteiger partial charge on any atom is 0.147 e. The number of hydrogen-bond acceptors (Lipinski definition) is 5. The first-order chi connectivity index (χ1) is 12.5. The van der Waals surface area contributed by atoms with Crippen LogP contribution in [0.5, 0.6) is 0 Å². The van der Waals surface area contributed by atoms with Crippen molar-refractivity contribution in [2.75, 3.05) is 0 Å². The van der Waals surface area contributed by atoms with Crippen LogP contribution in [0.25, 0.3) is 0 Å². The van der Waals surface area contributed by atoms with Crippen LogP contribution < -0.4 is 22.9 Å². The second-order valence-corrected chi connectivity index (χ2v) is 6.73. The van der Waals surface area contributed by atoms with E-state index >= 15 is 0 Å². The molecule has 0 heterocycles. The summed E-state index contributed by atoms with van der Waals surface area (Å²) in [7, 11) is 0. The summed E-state index contributed by atoms with van der Waals surface area (Å²) >= 11 is 0. The molecule has 140 valence electrons. The molecule has 0 aliphatic heterocycles. The molecule has 0 aromatic heterocycles. The molecule has 0 radical (unpaired) electrons. The van der Waals surface area contributed by atoms with Gasteiger partial charge in [0.25, 0.3) is 0 Å². The van der Waals surface area contributed by atoms with E-state index < -0.39 is 0 Å². The minimum atomic E-state index is -0.254. The molecule has 0 saturated heterocycles. The van der Waals surface area contributed by atoms with E-state index in [0.717, 1.165) is 33.4 Å². The quantitative estimate of drug-likeness (QED) is 0.578. The van der Waals surface area contributed by atoms with E-state index in [1.807, 2.05) is 50.2 Å². The minimum Gasteiger partial charge on any atom is -0.326 e. The number of carbonyl (C=O) groups is 1. The van der Waals surface area contributed by atoms with Crippen molar-refractivity contribution in [2.45, 2.75) is 51.9 Å². The predicted molar refractivity (Wildman–Crippen MR) is 106 cm³/mol. The predicted octanol–water partition coefficient (Wildman–Crippen LogP) is 2.00. The van der Waals surface area contributed by atoms with Gasteiger partial charge in [-0.3, -0.25) is 4.79 Å². The van der Waals surface area contributed by atoms with Gasteiger partial charge in [0.1, 0.15) is 5.78 Å². The first-order valence-electron chi connectivity index (χ1n) is 9.04. The van der Waals surface area contributed by atoms with Crippen molar-refractivity contribution in [1.29, 1.82) is 0 Å². The summed E-state index contributed by atoms with van der Waals surface area (Å²) < 4.78 is 0. The Hall–Kier alpha value is -2.05. The van der Waals surface area contributed by atoms with Gasteiger partial charge in [0.2, 0.25) is 0 Å². The average Bonchev–Trinajstić information content (AvgIpc) is 2.70. The highest BCUT2D eigenvalue weighted by atomic mass is 16.1. The summed E-state index contributed by atoms with van der Waals surface area (Å²) in [5, 5.41) is 0. The van der Waals surface area contributed by atoms with E-state index in [-0.39, 0.29) is 17.6 Å². The van der Waals surface area contributed by atoms with Crippen LogP contribution in [0.1, 0.15) is 59.1 Å². The fourth-order valence-corrected chi connectivity index (χ4v) is 3.45. The monoisotopic (exact) mass is 354 g/mol. The molecular weight excluding hydrogens is 324 g/mol. The molecule has 0 bridgehead atoms. The fraction of sp³-hybridized carbons (Fsp3) is 0.381. The molecule has 5 heteroatoms. The van der Waals surface area contributed by atoms with Gasteiger partial charge in [0.05, 0.1) is 0 Å². The Morgan fingerprint density at radius 1 is 0.731 bits per heavy atom. The van der Waals surface area contributed by atoms with Gasteiger partial charge in [-0.25, -0.2) is 0 Å². The lowest BCUT2D eigenvalue weighted by molar-refractivity contribution is -0.121. The van der Waals surface area contributed by atoms with Crippen molar-refractivity contribution < 1.29 is 4.79 Å². The van der Waals surface area contributed by atoms with E-state index in [1.54, 1.807) is 0 Å². The third kappa shape index (κ3) is 4.19. The van der Waals surface area contributed by atoms with E-state index in [9.17, 15) is 4.79 Å². The highest BCUT2D eigenvalue weighted by Gasteiger charge is 2.25. The Morgan fingerprint density at radius 3 is 1.42 bits per heavy atom. The molecule has 0 amide bonds. The van der Waals surface area contributed by atoms with Gasteiger partial charge in [-0.2, -0.15) is 0 Å². The molecule has 0 aliphatic carbocycles. The maximum atomic E-state index is 13.2. The highest BCUT2D eigenvalue weighted by Crippen LogP contribution is 2.30. The van der Waals surface area contributed by atoms with Crippen LogP contribution in [-0.2, 0) is 31.0 Å². The summed E-state index contributed by atoms with van der Waals surface area (Å²) in [6.07, 6.45) is 0. The highest BCUT2D eigenvalue weighted by molar-refractivity contribution is 5.91. The van der Waals surface area contributed by atoms with Gasteiger partial charge in [0.15, 0.2) is 0 Å². The van der Waals surface area contributed by atoms with Gasteiger partial charge in [-0.1, -0.05) is 50.2 Å². The smallest absolute Gasteiger partial charge is 0.147 e. The standard InChI is InChI=1S/C21H30N4O/c1-13(19-5-3-15(9-22)7-17(19)11-24)21(26)14(2)20-6-4-16(10-23)8-18(20)12-25/h3-8,13-14H,9-12,22-25H2,1-2H3. The number of carbonyl (C=O) groups excluding carboxylic acids is 1. The number of Topliss-reactive ketones (excluding diaryl/α,β-unsaturated/α-hetero) is 1. The molecule has 2 unspecified atom stereocenters. The average molecular weight is 354 g/mol. The molecule has 0 spiro atoms. The Labute approximate surface area is 155 Å². The third-order valence-corrected chi connectivity index (χ3v) is 5.11. The summed E-state index contributed by atoms with van der Waals surface area (Å²) in [6.45, 7) is 5.55. The lowest BCUT2D eigenvalue weighted by Crippen LogP contribution is -2.20. The van der Waals surface area contributed by atoms with E-state index in [2.05, 4.69) is 0 Å². The van der Waals surface area contributed by atoms with Crippen LogP contribution in [0.3, 0.4) is 0 Å². The fourth-order valence-electron chi connectivity index (χ4n) is 3.45. The number of rotatable bonds is 8. The zero-order valence-electron chi connectivity index (χ0n) is 15.7. The normalized spacial score (nSPS) is 13.5. The van der Waals surface area contributed by atoms with Crippen LogP contribution in [0, 0.1) is 0 Å².